The Kier molecular flexibility index (Phi) is 5.26. The van der Waals surface area contributed by atoms with Gasteiger partial charge in [0, 0.05) is 13.0 Å². The zero-order chi connectivity index (χ0) is 12.0. The van der Waals surface area contributed by atoms with E-state index in [1.165, 1.54) is 19.3 Å². The van der Waals surface area contributed by atoms with E-state index >= 15 is 0 Å². The topological polar surface area (TPSA) is 55.1 Å². The first kappa shape index (κ1) is 13.5. The van der Waals surface area contributed by atoms with Crippen LogP contribution in [0.25, 0.3) is 0 Å². The zero-order valence-electron chi connectivity index (χ0n) is 10.7. The Morgan fingerprint density at radius 2 is 2.00 bits per heavy atom. The zero-order valence-corrected chi connectivity index (χ0v) is 10.7. The quantitative estimate of drug-likeness (QED) is 0.755. The molecule has 3 N–H and O–H groups in total. The van der Waals surface area contributed by atoms with Crippen LogP contribution in [0.15, 0.2) is 0 Å². The molecule has 0 aromatic carbocycles. The van der Waals surface area contributed by atoms with Crippen molar-refractivity contribution >= 4 is 5.91 Å². The smallest absolute Gasteiger partial charge is 0.220 e. The van der Waals surface area contributed by atoms with E-state index < -0.39 is 0 Å². The van der Waals surface area contributed by atoms with E-state index in [1.54, 1.807) is 0 Å². The molecule has 0 aromatic heterocycles. The predicted octanol–water partition coefficient (Wildman–Crippen LogP) is 2.20. The molecule has 3 nitrogen and oxygen atoms in total. The molecule has 3 heteroatoms. The number of hydrogen-bond donors (Lipinski definition) is 2. The summed E-state index contributed by atoms with van der Waals surface area (Å²) in [4.78, 5) is 11.9. The van der Waals surface area contributed by atoms with E-state index in [0.29, 0.717) is 18.9 Å². The van der Waals surface area contributed by atoms with Crippen molar-refractivity contribution in [2.75, 3.05) is 6.54 Å². The molecule has 16 heavy (non-hydrogen) atoms. The van der Waals surface area contributed by atoms with Crippen molar-refractivity contribution in [2.45, 2.75) is 64.3 Å². The highest BCUT2D eigenvalue weighted by atomic mass is 16.1. The van der Waals surface area contributed by atoms with Gasteiger partial charge in [0.1, 0.15) is 0 Å². The normalized spacial score (nSPS) is 21.4. The highest BCUT2D eigenvalue weighted by molar-refractivity contribution is 5.77. The summed E-state index contributed by atoms with van der Waals surface area (Å²) >= 11 is 0. The third-order valence-corrected chi connectivity index (χ3v) is 3.84. The van der Waals surface area contributed by atoms with Crippen molar-refractivity contribution in [3.8, 4) is 0 Å². The summed E-state index contributed by atoms with van der Waals surface area (Å²) in [7, 11) is 0. The lowest BCUT2D eigenvalue weighted by Crippen LogP contribution is -2.54. The molecule has 1 amide bonds. The van der Waals surface area contributed by atoms with E-state index in [1.807, 2.05) is 0 Å². The number of carbonyl (C=O) groups excluding carboxylic acids is 1. The third-order valence-electron chi connectivity index (χ3n) is 3.84. The van der Waals surface area contributed by atoms with Crippen LogP contribution in [0.3, 0.4) is 0 Å². The van der Waals surface area contributed by atoms with Crippen molar-refractivity contribution in [1.82, 2.24) is 5.32 Å². The van der Waals surface area contributed by atoms with E-state index in [4.69, 9.17) is 5.73 Å². The SMILES string of the molecule is CCC(C)CC(=O)NC1(CN)CCCCC1. The largest absolute Gasteiger partial charge is 0.349 e. The number of amides is 1. The molecule has 1 unspecified atom stereocenters. The lowest BCUT2D eigenvalue weighted by molar-refractivity contribution is -0.124. The number of rotatable bonds is 5. The van der Waals surface area contributed by atoms with Gasteiger partial charge >= 0.3 is 0 Å². The Morgan fingerprint density at radius 3 is 2.50 bits per heavy atom. The maximum atomic E-state index is 11.9. The molecule has 1 rings (SSSR count). The molecule has 1 aliphatic carbocycles. The molecule has 0 heterocycles. The summed E-state index contributed by atoms with van der Waals surface area (Å²) in [6, 6.07) is 0. The second-order valence-electron chi connectivity index (χ2n) is 5.31. The molecule has 94 valence electrons. The molecule has 1 aliphatic rings. The van der Waals surface area contributed by atoms with Gasteiger partial charge in [0.05, 0.1) is 5.54 Å². The van der Waals surface area contributed by atoms with Gasteiger partial charge in [0.25, 0.3) is 0 Å². The van der Waals surface area contributed by atoms with Crippen LogP contribution in [0.2, 0.25) is 0 Å². The van der Waals surface area contributed by atoms with E-state index in [9.17, 15) is 4.79 Å². The van der Waals surface area contributed by atoms with Gasteiger partial charge in [0.15, 0.2) is 0 Å². The molecule has 0 radical (unpaired) electrons. The monoisotopic (exact) mass is 226 g/mol. The molecule has 1 saturated carbocycles. The average Bonchev–Trinajstić information content (AvgIpc) is 2.29. The summed E-state index contributed by atoms with van der Waals surface area (Å²) in [6.45, 7) is 4.83. The van der Waals surface area contributed by atoms with Crippen molar-refractivity contribution in [1.29, 1.82) is 0 Å². The maximum absolute atomic E-state index is 11.9. The van der Waals surface area contributed by atoms with Crippen LogP contribution >= 0.6 is 0 Å². The number of carbonyl (C=O) groups is 1. The fraction of sp³-hybridized carbons (Fsp3) is 0.923. The van der Waals surface area contributed by atoms with Crippen LogP contribution in [-0.4, -0.2) is 18.0 Å². The number of nitrogens with one attached hydrogen (secondary N) is 1. The summed E-state index contributed by atoms with van der Waals surface area (Å²) in [5.74, 6) is 0.653. The van der Waals surface area contributed by atoms with Gasteiger partial charge in [-0.15, -0.1) is 0 Å². The molecular weight excluding hydrogens is 200 g/mol. The second-order valence-corrected chi connectivity index (χ2v) is 5.31. The Labute approximate surface area is 99.2 Å². The fourth-order valence-corrected chi connectivity index (χ4v) is 2.42. The number of hydrogen-bond acceptors (Lipinski definition) is 2. The van der Waals surface area contributed by atoms with Gasteiger partial charge in [-0.05, 0) is 18.8 Å². The van der Waals surface area contributed by atoms with Crippen molar-refractivity contribution < 1.29 is 4.79 Å². The third kappa shape index (κ3) is 3.78. The van der Waals surface area contributed by atoms with Gasteiger partial charge < -0.3 is 11.1 Å². The Bertz CT molecular complexity index is 222. The number of nitrogens with two attached hydrogens (primary N) is 1. The lowest BCUT2D eigenvalue weighted by Gasteiger charge is -2.37. The van der Waals surface area contributed by atoms with Crippen LogP contribution in [0, 0.1) is 5.92 Å². The highest BCUT2D eigenvalue weighted by Gasteiger charge is 2.32. The fourth-order valence-electron chi connectivity index (χ4n) is 2.42. The predicted molar refractivity (Wildman–Crippen MR) is 67.1 cm³/mol. The summed E-state index contributed by atoms with van der Waals surface area (Å²) in [5, 5.41) is 3.18. The van der Waals surface area contributed by atoms with E-state index in [0.717, 1.165) is 19.3 Å². The van der Waals surface area contributed by atoms with Gasteiger partial charge in [-0.25, -0.2) is 0 Å². The molecule has 1 atom stereocenters. The van der Waals surface area contributed by atoms with E-state index in [-0.39, 0.29) is 11.4 Å². The van der Waals surface area contributed by atoms with Crippen LogP contribution in [0.4, 0.5) is 0 Å². The van der Waals surface area contributed by atoms with E-state index in [2.05, 4.69) is 19.2 Å². The van der Waals surface area contributed by atoms with Crippen LogP contribution in [0.1, 0.15) is 58.8 Å². The van der Waals surface area contributed by atoms with Crippen molar-refractivity contribution in [3.05, 3.63) is 0 Å². The minimum Gasteiger partial charge on any atom is -0.349 e. The first-order valence-corrected chi connectivity index (χ1v) is 6.63. The highest BCUT2D eigenvalue weighted by Crippen LogP contribution is 2.27. The molecular formula is C13H26N2O. The van der Waals surface area contributed by atoms with Gasteiger partial charge in [0.2, 0.25) is 5.91 Å². The summed E-state index contributed by atoms with van der Waals surface area (Å²) in [5.41, 5.74) is 5.74. The maximum Gasteiger partial charge on any atom is 0.220 e. The first-order valence-electron chi connectivity index (χ1n) is 6.63. The molecule has 0 bridgehead atoms. The average molecular weight is 226 g/mol. The Hall–Kier alpha value is -0.570. The Balaban J connectivity index is 2.45. The van der Waals surface area contributed by atoms with Crippen molar-refractivity contribution in [2.24, 2.45) is 11.7 Å². The minimum absolute atomic E-state index is 0.0944. The molecule has 0 aliphatic heterocycles. The van der Waals surface area contributed by atoms with Crippen LogP contribution in [-0.2, 0) is 4.79 Å². The molecule has 0 saturated heterocycles. The second kappa shape index (κ2) is 6.24. The molecule has 1 fully saturated rings. The van der Waals surface area contributed by atoms with Crippen LogP contribution < -0.4 is 11.1 Å². The van der Waals surface area contributed by atoms with Crippen molar-refractivity contribution in [3.63, 3.8) is 0 Å². The summed E-state index contributed by atoms with van der Waals surface area (Å²) in [6.07, 6.45) is 7.47. The minimum atomic E-state index is -0.0944. The molecule has 0 aromatic rings. The van der Waals surface area contributed by atoms with Gasteiger partial charge in [-0.3, -0.25) is 4.79 Å². The lowest BCUT2D eigenvalue weighted by atomic mass is 9.81. The standard InChI is InChI=1S/C13H26N2O/c1-3-11(2)9-12(16)15-13(10-14)7-5-4-6-8-13/h11H,3-10,14H2,1-2H3,(H,15,16). The Morgan fingerprint density at radius 1 is 1.38 bits per heavy atom. The van der Waals surface area contributed by atoms with Gasteiger partial charge in [-0.1, -0.05) is 39.5 Å². The van der Waals surface area contributed by atoms with Gasteiger partial charge in [-0.2, -0.15) is 0 Å². The first-order chi connectivity index (χ1) is 7.62. The van der Waals surface area contributed by atoms with Crippen LogP contribution in [0.5, 0.6) is 0 Å². The molecule has 0 spiro atoms. The summed E-state index contributed by atoms with van der Waals surface area (Å²) < 4.78 is 0.